The van der Waals surface area contributed by atoms with E-state index in [9.17, 15) is 9.59 Å². The molecule has 16 heavy (non-hydrogen) atoms. The Morgan fingerprint density at radius 2 is 2.19 bits per heavy atom. The molecule has 0 saturated heterocycles. The lowest BCUT2D eigenvalue weighted by atomic mass is 10.4. The Morgan fingerprint density at radius 1 is 1.50 bits per heavy atom. The van der Waals surface area contributed by atoms with Crippen molar-refractivity contribution in [1.29, 1.82) is 0 Å². The number of rotatable bonds is 8. The number of thioether (sulfide) groups is 1. The van der Waals surface area contributed by atoms with Crippen LogP contribution in [0.15, 0.2) is 24.8 Å². The van der Waals surface area contributed by atoms with E-state index < -0.39 is 5.97 Å². The average Bonchev–Trinajstić information content (AvgIpc) is 2.25. The summed E-state index contributed by atoms with van der Waals surface area (Å²) in [5.41, 5.74) is 0.373. The largest absolute Gasteiger partial charge is 0.461 e. The van der Waals surface area contributed by atoms with Crippen LogP contribution in [0.5, 0.6) is 0 Å². The van der Waals surface area contributed by atoms with Crippen LogP contribution in [0.4, 0.5) is 0 Å². The first-order chi connectivity index (χ1) is 7.57. The van der Waals surface area contributed by atoms with Crippen molar-refractivity contribution in [3.8, 4) is 0 Å². The van der Waals surface area contributed by atoms with Crippen molar-refractivity contribution in [3.05, 3.63) is 24.8 Å². The Hall–Kier alpha value is -1.07. The summed E-state index contributed by atoms with van der Waals surface area (Å²) in [7, 11) is 0. The van der Waals surface area contributed by atoms with Gasteiger partial charge in [-0.3, -0.25) is 4.79 Å². The molecule has 0 aliphatic rings. The lowest BCUT2D eigenvalue weighted by Gasteiger charge is -2.05. The molecule has 0 aromatic carbocycles. The van der Waals surface area contributed by atoms with Gasteiger partial charge in [0.2, 0.25) is 5.12 Å². The van der Waals surface area contributed by atoms with E-state index in [1.807, 2.05) is 0 Å². The van der Waals surface area contributed by atoms with Gasteiger partial charge >= 0.3 is 5.97 Å². The van der Waals surface area contributed by atoms with Gasteiger partial charge in [-0.2, -0.15) is 0 Å². The van der Waals surface area contributed by atoms with Gasteiger partial charge in [0, 0.05) is 17.9 Å². The quantitative estimate of drug-likeness (QED) is 0.300. The van der Waals surface area contributed by atoms with Crippen molar-refractivity contribution in [2.45, 2.75) is 6.92 Å². The fourth-order valence-corrected chi connectivity index (χ4v) is 1.24. The molecule has 5 heteroatoms. The SMILES string of the molecule is C=CCSC(=O)CNCCOC(=O)C(=C)C. The summed E-state index contributed by atoms with van der Waals surface area (Å²) in [6.07, 6.45) is 1.68. The third kappa shape index (κ3) is 8.26. The molecule has 0 aliphatic carbocycles. The standard InChI is InChI=1S/C11H17NO3S/c1-4-7-16-10(13)8-12-5-6-15-11(14)9(2)3/h4,12H,1-2,5-8H2,3H3. The highest BCUT2D eigenvalue weighted by molar-refractivity contribution is 8.13. The topological polar surface area (TPSA) is 55.4 Å². The highest BCUT2D eigenvalue weighted by atomic mass is 32.2. The molecule has 0 aliphatic heterocycles. The predicted molar refractivity (Wildman–Crippen MR) is 66.3 cm³/mol. The molecular weight excluding hydrogens is 226 g/mol. The molecular formula is C11H17NO3S. The molecule has 0 atom stereocenters. The minimum absolute atomic E-state index is 0.0473. The number of carbonyl (C=O) groups excluding carboxylic acids is 2. The molecule has 0 aromatic heterocycles. The summed E-state index contributed by atoms with van der Waals surface area (Å²) in [5, 5.41) is 2.92. The molecule has 0 radical (unpaired) electrons. The number of carbonyl (C=O) groups is 2. The van der Waals surface area contributed by atoms with Gasteiger partial charge in [0.1, 0.15) is 6.61 Å². The normalized spacial score (nSPS) is 9.56. The molecule has 0 bridgehead atoms. The Bertz CT molecular complexity index is 276. The smallest absolute Gasteiger partial charge is 0.333 e. The minimum Gasteiger partial charge on any atom is -0.461 e. The van der Waals surface area contributed by atoms with E-state index in [2.05, 4.69) is 18.5 Å². The first-order valence-electron chi connectivity index (χ1n) is 4.87. The van der Waals surface area contributed by atoms with Gasteiger partial charge in [-0.15, -0.1) is 6.58 Å². The maximum absolute atomic E-state index is 11.1. The van der Waals surface area contributed by atoms with Crippen LogP contribution >= 0.6 is 11.8 Å². The number of esters is 1. The Kier molecular flexibility index (Phi) is 8.56. The van der Waals surface area contributed by atoms with Crippen LogP contribution in [0, 0.1) is 0 Å². The van der Waals surface area contributed by atoms with Gasteiger partial charge in [-0.25, -0.2) is 4.79 Å². The number of nitrogens with one attached hydrogen (secondary N) is 1. The summed E-state index contributed by atoms with van der Waals surface area (Å²) in [6.45, 7) is 9.53. The second-order valence-electron chi connectivity index (χ2n) is 3.06. The average molecular weight is 243 g/mol. The van der Waals surface area contributed by atoms with Crippen LogP contribution in [0.25, 0.3) is 0 Å². The maximum Gasteiger partial charge on any atom is 0.333 e. The predicted octanol–water partition coefficient (Wildman–Crippen LogP) is 1.14. The molecule has 1 N–H and O–H groups in total. The van der Waals surface area contributed by atoms with Crippen LogP contribution in [0.3, 0.4) is 0 Å². The van der Waals surface area contributed by atoms with Crippen LogP contribution < -0.4 is 5.32 Å². The zero-order chi connectivity index (χ0) is 12.4. The van der Waals surface area contributed by atoms with Crippen LogP contribution in [0.1, 0.15) is 6.92 Å². The van der Waals surface area contributed by atoms with E-state index in [-0.39, 0.29) is 18.3 Å². The minimum atomic E-state index is -0.408. The van der Waals surface area contributed by atoms with Crippen LogP contribution in [-0.2, 0) is 14.3 Å². The second-order valence-corrected chi connectivity index (χ2v) is 4.14. The van der Waals surface area contributed by atoms with E-state index in [0.29, 0.717) is 17.9 Å². The van der Waals surface area contributed by atoms with E-state index >= 15 is 0 Å². The fourth-order valence-electron chi connectivity index (χ4n) is 0.732. The van der Waals surface area contributed by atoms with E-state index in [1.165, 1.54) is 11.8 Å². The lowest BCUT2D eigenvalue weighted by molar-refractivity contribution is -0.138. The summed E-state index contributed by atoms with van der Waals surface area (Å²) in [6, 6.07) is 0. The van der Waals surface area contributed by atoms with Gasteiger partial charge in [-0.05, 0) is 6.92 Å². The monoisotopic (exact) mass is 243 g/mol. The molecule has 0 unspecified atom stereocenters. The van der Waals surface area contributed by atoms with Crippen molar-refractivity contribution in [1.82, 2.24) is 5.32 Å². The highest BCUT2D eigenvalue weighted by Crippen LogP contribution is 1.99. The van der Waals surface area contributed by atoms with Gasteiger partial charge in [0.25, 0.3) is 0 Å². The third-order valence-electron chi connectivity index (χ3n) is 1.49. The van der Waals surface area contributed by atoms with E-state index in [1.54, 1.807) is 13.0 Å². The van der Waals surface area contributed by atoms with Gasteiger partial charge in [-0.1, -0.05) is 24.4 Å². The first-order valence-corrected chi connectivity index (χ1v) is 5.86. The maximum atomic E-state index is 11.1. The Morgan fingerprint density at radius 3 is 2.75 bits per heavy atom. The molecule has 0 amide bonds. The Labute approximate surface area is 100 Å². The summed E-state index contributed by atoms with van der Waals surface area (Å²) >= 11 is 1.20. The van der Waals surface area contributed by atoms with Gasteiger partial charge < -0.3 is 10.1 Å². The van der Waals surface area contributed by atoms with Crippen LogP contribution in [0.2, 0.25) is 0 Å². The van der Waals surface area contributed by atoms with Crippen molar-refractivity contribution >= 4 is 22.8 Å². The number of hydrogen-bond acceptors (Lipinski definition) is 5. The molecule has 90 valence electrons. The molecule has 0 fully saturated rings. The van der Waals surface area contributed by atoms with Crippen molar-refractivity contribution in [2.24, 2.45) is 0 Å². The molecule has 0 spiro atoms. The molecule has 0 rings (SSSR count). The second kappa shape index (κ2) is 9.18. The number of ether oxygens (including phenoxy) is 1. The summed E-state index contributed by atoms with van der Waals surface area (Å²) in [5.74, 6) is 0.208. The number of hydrogen-bond donors (Lipinski definition) is 1. The summed E-state index contributed by atoms with van der Waals surface area (Å²) in [4.78, 5) is 22.1. The van der Waals surface area contributed by atoms with Crippen molar-refractivity contribution < 1.29 is 14.3 Å². The Balaban J connectivity index is 3.39. The van der Waals surface area contributed by atoms with Crippen molar-refractivity contribution in [2.75, 3.05) is 25.4 Å². The first kappa shape index (κ1) is 14.9. The van der Waals surface area contributed by atoms with E-state index in [0.717, 1.165) is 0 Å². The fraction of sp³-hybridized carbons (Fsp3) is 0.455. The lowest BCUT2D eigenvalue weighted by Crippen LogP contribution is -2.26. The van der Waals surface area contributed by atoms with Crippen LogP contribution in [-0.4, -0.2) is 36.5 Å². The molecule has 0 aromatic rings. The molecule has 4 nitrogen and oxygen atoms in total. The van der Waals surface area contributed by atoms with E-state index in [4.69, 9.17) is 4.74 Å². The van der Waals surface area contributed by atoms with Gasteiger partial charge in [0.05, 0.1) is 6.54 Å². The molecule has 0 heterocycles. The zero-order valence-electron chi connectivity index (χ0n) is 9.45. The van der Waals surface area contributed by atoms with Crippen molar-refractivity contribution in [3.63, 3.8) is 0 Å². The summed E-state index contributed by atoms with van der Waals surface area (Å²) < 4.78 is 4.83. The molecule has 0 saturated carbocycles. The zero-order valence-corrected chi connectivity index (χ0v) is 10.3. The third-order valence-corrected chi connectivity index (χ3v) is 2.36. The highest BCUT2D eigenvalue weighted by Gasteiger charge is 2.03. The van der Waals surface area contributed by atoms with Gasteiger partial charge in [0.15, 0.2) is 0 Å².